The summed E-state index contributed by atoms with van der Waals surface area (Å²) in [7, 11) is 0. The lowest BCUT2D eigenvalue weighted by Gasteiger charge is -2.22. The summed E-state index contributed by atoms with van der Waals surface area (Å²) in [6.07, 6.45) is 3.24. The number of carbonyl (C=O) groups excluding carboxylic acids is 1. The Balaban J connectivity index is 2.05. The molecular weight excluding hydrogens is 258 g/mol. The van der Waals surface area contributed by atoms with Crippen molar-refractivity contribution in [3.63, 3.8) is 0 Å². The molecule has 0 atom stereocenters. The van der Waals surface area contributed by atoms with Gasteiger partial charge < -0.3 is 4.90 Å². The minimum absolute atomic E-state index is 0.0351. The molecule has 1 aromatic heterocycles. The van der Waals surface area contributed by atoms with Crippen LogP contribution < -0.4 is 0 Å². The van der Waals surface area contributed by atoms with E-state index in [1.165, 1.54) is 0 Å². The molecule has 0 saturated carbocycles. The Morgan fingerprint density at radius 1 is 1.35 bits per heavy atom. The van der Waals surface area contributed by atoms with E-state index in [2.05, 4.69) is 24.0 Å². The fourth-order valence-electron chi connectivity index (χ4n) is 2.05. The van der Waals surface area contributed by atoms with E-state index < -0.39 is 0 Å². The third kappa shape index (κ3) is 3.16. The predicted molar refractivity (Wildman–Crippen MR) is 68.5 cm³/mol. The van der Waals surface area contributed by atoms with Crippen molar-refractivity contribution < 1.29 is 4.79 Å². The van der Waals surface area contributed by atoms with Crippen LogP contribution in [0.15, 0.2) is 0 Å². The predicted octanol–water partition coefficient (Wildman–Crippen LogP) is 2.84. The van der Waals surface area contributed by atoms with Crippen molar-refractivity contribution in [3.05, 3.63) is 9.47 Å². The number of halogens is 1. The molecule has 1 fully saturated rings. The summed E-state index contributed by atoms with van der Waals surface area (Å²) in [5, 5.41) is 7.87. The van der Waals surface area contributed by atoms with Crippen molar-refractivity contribution in [1.82, 2.24) is 15.1 Å². The van der Waals surface area contributed by atoms with Crippen molar-refractivity contribution in [2.45, 2.75) is 33.1 Å². The molecule has 17 heavy (non-hydrogen) atoms. The quantitative estimate of drug-likeness (QED) is 0.790. The second-order valence-electron chi connectivity index (χ2n) is 5.17. The molecule has 0 N–H and O–H groups in total. The van der Waals surface area contributed by atoms with Crippen LogP contribution in [0.25, 0.3) is 0 Å². The maximum absolute atomic E-state index is 12.2. The number of hydrogen-bond acceptors (Lipinski definition) is 4. The molecule has 94 valence electrons. The van der Waals surface area contributed by atoms with Gasteiger partial charge in [-0.1, -0.05) is 25.2 Å². The third-order valence-corrected chi connectivity index (χ3v) is 4.22. The summed E-state index contributed by atoms with van der Waals surface area (Å²) < 4.78 is 0.323. The van der Waals surface area contributed by atoms with Gasteiger partial charge in [-0.25, -0.2) is 0 Å². The fourth-order valence-corrected chi connectivity index (χ4v) is 2.85. The number of likely N-dealkylation sites (tertiary alicyclic amines) is 1. The zero-order valence-corrected chi connectivity index (χ0v) is 11.6. The molecule has 1 aliphatic rings. The Morgan fingerprint density at radius 3 is 2.76 bits per heavy atom. The minimum atomic E-state index is -0.0351. The van der Waals surface area contributed by atoms with E-state index in [4.69, 9.17) is 11.6 Å². The standard InChI is InChI=1S/C11H16ClN3OS/c1-11(2)4-3-6-15(7-5-11)9(16)8-13-14-10(12)17-8/h3-7H2,1-2H3. The molecule has 4 nitrogen and oxygen atoms in total. The van der Waals surface area contributed by atoms with Crippen molar-refractivity contribution in [1.29, 1.82) is 0 Å². The monoisotopic (exact) mass is 273 g/mol. The maximum atomic E-state index is 12.2. The van der Waals surface area contributed by atoms with Crippen LogP contribution in [0.4, 0.5) is 0 Å². The minimum Gasteiger partial charge on any atom is -0.337 e. The highest BCUT2D eigenvalue weighted by Crippen LogP contribution is 2.30. The van der Waals surface area contributed by atoms with Gasteiger partial charge in [0.25, 0.3) is 5.91 Å². The first-order valence-corrected chi connectivity index (χ1v) is 6.96. The zero-order chi connectivity index (χ0) is 12.5. The molecule has 1 aliphatic heterocycles. The molecule has 0 aromatic carbocycles. The van der Waals surface area contributed by atoms with Crippen molar-refractivity contribution in [2.75, 3.05) is 13.1 Å². The highest BCUT2D eigenvalue weighted by Gasteiger charge is 2.27. The Kier molecular flexibility index (Phi) is 3.68. The average molecular weight is 274 g/mol. The Morgan fingerprint density at radius 2 is 2.12 bits per heavy atom. The number of amides is 1. The van der Waals surface area contributed by atoms with Gasteiger partial charge in [-0.15, -0.1) is 10.2 Å². The molecule has 1 amide bonds. The van der Waals surface area contributed by atoms with Gasteiger partial charge in [0.2, 0.25) is 9.47 Å². The van der Waals surface area contributed by atoms with Crippen molar-refractivity contribution in [2.24, 2.45) is 5.41 Å². The molecule has 2 heterocycles. The molecule has 0 bridgehead atoms. The molecule has 1 saturated heterocycles. The summed E-state index contributed by atoms with van der Waals surface area (Å²) in [6, 6.07) is 0. The number of carbonyl (C=O) groups is 1. The van der Waals surface area contributed by atoms with Crippen LogP contribution in [-0.2, 0) is 0 Å². The molecule has 0 unspecified atom stereocenters. The van der Waals surface area contributed by atoms with Gasteiger partial charge in [-0.3, -0.25) is 4.79 Å². The smallest absolute Gasteiger partial charge is 0.284 e. The van der Waals surface area contributed by atoms with Gasteiger partial charge in [-0.05, 0) is 36.3 Å². The van der Waals surface area contributed by atoms with Gasteiger partial charge in [-0.2, -0.15) is 0 Å². The number of aromatic nitrogens is 2. The van der Waals surface area contributed by atoms with E-state index in [9.17, 15) is 4.79 Å². The number of nitrogens with zero attached hydrogens (tertiary/aromatic N) is 3. The fraction of sp³-hybridized carbons (Fsp3) is 0.727. The van der Waals surface area contributed by atoms with Crippen LogP contribution >= 0.6 is 22.9 Å². The van der Waals surface area contributed by atoms with E-state index in [0.29, 0.717) is 14.9 Å². The lowest BCUT2D eigenvalue weighted by molar-refractivity contribution is 0.0756. The van der Waals surface area contributed by atoms with E-state index in [1.807, 2.05) is 4.90 Å². The van der Waals surface area contributed by atoms with Crippen molar-refractivity contribution in [3.8, 4) is 0 Å². The number of hydrogen-bond donors (Lipinski definition) is 0. The van der Waals surface area contributed by atoms with E-state index >= 15 is 0 Å². The SMILES string of the molecule is CC1(C)CCCN(C(=O)c2nnc(Cl)s2)CC1. The topological polar surface area (TPSA) is 46.1 Å². The molecule has 0 radical (unpaired) electrons. The maximum Gasteiger partial charge on any atom is 0.284 e. The normalized spacial score (nSPS) is 20.1. The zero-order valence-electron chi connectivity index (χ0n) is 10.1. The second kappa shape index (κ2) is 4.90. The highest BCUT2D eigenvalue weighted by atomic mass is 35.5. The average Bonchev–Trinajstić information content (AvgIpc) is 2.60. The van der Waals surface area contributed by atoms with Crippen LogP contribution in [0.1, 0.15) is 42.9 Å². The van der Waals surface area contributed by atoms with Gasteiger partial charge in [0, 0.05) is 13.1 Å². The Hall–Kier alpha value is -0.680. The van der Waals surface area contributed by atoms with Crippen LogP contribution in [-0.4, -0.2) is 34.1 Å². The third-order valence-electron chi connectivity index (χ3n) is 3.21. The highest BCUT2D eigenvalue weighted by molar-refractivity contribution is 7.17. The van der Waals surface area contributed by atoms with Gasteiger partial charge in [0.1, 0.15) is 0 Å². The molecule has 2 rings (SSSR count). The van der Waals surface area contributed by atoms with Crippen LogP contribution in [0, 0.1) is 5.41 Å². The first-order valence-electron chi connectivity index (χ1n) is 5.76. The first-order chi connectivity index (χ1) is 7.98. The molecule has 6 heteroatoms. The Bertz CT molecular complexity index is 419. The van der Waals surface area contributed by atoms with Gasteiger partial charge in [0.05, 0.1) is 0 Å². The summed E-state index contributed by atoms with van der Waals surface area (Å²) >= 11 is 6.84. The summed E-state index contributed by atoms with van der Waals surface area (Å²) in [6.45, 7) is 6.11. The summed E-state index contributed by atoms with van der Waals surface area (Å²) in [5.74, 6) is -0.0351. The van der Waals surface area contributed by atoms with E-state index in [1.54, 1.807) is 0 Å². The largest absolute Gasteiger partial charge is 0.337 e. The second-order valence-corrected chi connectivity index (χ2v) is 6.73. The molecule has 0 aliphatic carbocycles. The van der Waals surface area contributed by atoms with Gasteiger partial charge in [0.15, 0.2) is 0 Å². The molecule has 0 spiro atoms. The van der Waals surface area contributed by atoms with E-state index in [0.717, 1.165) is 43.7 Å². The Labute approximate surface area is 110 Å². The number of rotatable bonds is 1. The first kappa shape index (κ1) is 12.8. The van der Waals surface area contributed by atoms with Crippen LogP contribution in [0.2, 0.25) is 4.47 Å². The molecular formula is C11H16ClN3OS. The van der Waals surface area contributed by atoms with Gasteiger partial charge >= 0.3 is 0 Å². The summed E-state index contributed by atoms with van der Waals surface area (Å²) in [5.41, 5.74) is 0.327. The van der Waals surface area contributed by atoms with Crippen molar-refractivity contribution >= 4 is 28.8 Å². The lowest BCUT2D eigenvalue weighted by Crippen LogP contribution is -2.32. The van der Waals surface area contributed by atoms with Crippen LogP contribution in [0.5, 0.6) is 0 Å². The van der Waals surface area contributed by atoms with Crippen LogP contribution in [0.3, 0.4) is 0 Å². The molecule has 1 aromatic rings. The van der Waals surface area contributed by atoms with E-state index in [-0.39, 0.29) is 5.91 Å². The lowest BCUT2D eigenvalue weighted by atomic mass is 9.85. The summed E-state index contributed by atoms with van der Waals surface area (Å²) in [4.78, 5) is 14.0.